The monoisotopic (exact) mass is 332 g/mol. The van der Waals surface area contributed by atoms with Gasteiger partial charge in [-0.1, -0.05) is 50.4 Å². The molecule has 0 aliphatic carbocycles. The van der Waals surface area contributed by atoms with Crippen molar-refractivity contribution in [3.63, 3.8) is 0 Å². The highest BCUT2D eigenvalue weighted by Crippen LogP contribution is 2.18. The van der Waals surface area contributed by atoms with Crippen molar-refractivity contribution in [2.75, 3.05) is 6.54 Å². The zero-order valence-corrected chi connectivity index (χ0v) is 14.1. The van der Waals surface area contributed by atoms with Crippen molar-refractivity contribution in [1.82, 2.24) is 10.3 Å². The van der Waals surface area contributed by atoms with Crippen molar-refractivity contribution in [3.05, 3.63) is 57.3 Å². The molecule has 23 heavy (non-hydrogen) atoms. The molecule has 5 heteroatoms. The van der Waals surface area contributed by atoms with Gasteiger partial charge in [-0.25, -0.2) is 0 Å². The number of H-pyrrole nitrogens is 1. The maximum atomic E-state index is 12.2. The summed E-state index contributed by atoms with van der Waals surface area (Å²) in [7, 11) is 0. The molecule has 1 aromatic heterocycles. The lowest BCUT2D eigenvalue weighted by atomic mass is 10.0. The van der Waals surface area contributed by atoms with Crippen LogP contribution in [0.2, 0.25) is 5.02 Å². The number of aromatic nitrogens is 1. The third-order valence-electron chi connectivity index (χ3n) is 4.02. The number of halogens is 1. The summed E-state index contributed by atoms with van der Waals surface area (Å²) in [6, 6.07) is 10.4. The van der Waals surface area contributed by atoms with E-state index in [1.54, 1.807) is 24.3 Å². The minimum Gasteiger partial charge on any atom is -0.352 e. The van der Waals surface area contributed by atoms with Gasteiger partial charge in [0.2, 0.25) is 0 Å². The summed E-state index contributed by atoms with van der Waals surface area (Å²) < 4.78 is 0. The summed E-state index contributed by atoms with van der Waals surface area (Å²) >= 11 is 5.86. The fourth-order valence-corrected chi connectivity index (χ4v) is 2.49. The van der Waals surface area contributed by atoms with Gasteiger partial charge in [0.05, 0.1) is 0 Å². The van der Waals surface area contributed by atoms with E-state index in [1.165, 1.54) is 0 Å². The smallest absolute Gasteiger partial charge is 0.261 e. The van der Waals surface area contributed by atoms with E-state index in [-0.39, 0.29) is 17.0 Å². The topological polar surface area (TPSA) is 62.0 Å². The average molecular weight is 333 g/mol. The van der Waals surface area contributed by atoms with Gasteiger partial charge in [0, 0.05) is 17.3 Å². The summed E-state index contributed by atoms with van der Waals surface area (Å²) in [4.78, 5) is 27.1. The van der Waals surface area contributed by atoms with Crippen molar-refractivity contribution in [2.45, 2.75) is 26.7 Å². The number of amides is 1. The Morgan fingerprint density at radius 3 is 2.35 bits per heavy atom. The Morgan fingerprint density at radius 1 is 1.13 bits per heavy atom. The van der Waals surface area contributed by atoms with Crippen LogP contribution in [0.1, 0.15) is 37.0 Å². The molecule has 0 saturated heterocycles. The second-order valence-electron chi connectivity index (χ2n) is 5.51. The Labute approximate surface area is 140 Å². The highest BCUT2D eigenvalue weighted by atomic mass is 35.5. The molecule has 2 rings (SSSR count). The van der Waals surface area contributed by atoms with Crippen LogP contribution in [-0.2, 0) is 0 Å². The number of carbonyl (C=O) groups excluding carboxylic acids is 1. The van der Waals surface area contributed by atoms with Crippen LogP contribution in [0.25, 0.3) is 11.3 Å². The molecule has 0 unspecified atom stereocenters. The summed E-state index contributed by atoms with van der Waals surface area (Å²) in [5.41, 5.74) is 1.24. The molecular formula is C18H21ClN2O2. The second kappa shape index (κ2) is 7.97. The standard InChI is InChI=1S/C18H21ClN2O2/c1-3-12(4-2)11-20-17(22)15-9-10-16(21-18(15)23)13-5-7-14(19)8-6-13/h5-10,12H,3-4,11H2,1-2H3,(H,20,22)(H,21,23). The summed E-state index contributed by atoms with van der Waals surface area (Å²) in [5.74, 6) is 0.104. The van der Waals surface area contributed by atoms with E-state index >= 15 is 0 Å². The molecular weight excluding hydrogens is 312 g/mol. The molecule has 1 heterocycles. The number of hydrogen-bond donors (Lipinski definition) is 2. The van der Waals surface area contributed by atoms with Gasteiger partial charge in [-0.05, 0) is 35.7 Å². The fraction of sp³-hybridized carbons (Fsp3) is 0.333. The van der Waals surface area contributed by atoms with Gasteiger partial charge in [0.1, 0.15) is 5.56 Å². The summed E-state index contributed by atoms with van der Waals surface area (Å²) in [6.45, 7) is 4.77. The number of benzene rings is 1. The average Bonchev–Trinajstić information content (AvgIpc) is 2.56. The van der Waals surface area contributed by atoms with Gasteiger partial charge in [0.15, 0.2) is 0 Å². The Kier molecular flexibility index (Phi) is 5.99. The van der Waals surface area contributed by atoms with E-state index in [1.807, 2.05) is 12.1 Å². The SMILES string of the molecule is CCC(CC)CNC(=O)c1ccc(-c2ccc(Cl)cc2)[nH]c1=O. The van der Waals surface area contributed by atoms with Crippen LogP contribution in [0.4, 0.5) is 0 Å². The van der Waals surface area contributed by atoms with Crippen molar-refractivity contribution < 1.29 is 4.79 Å². The van der Waals surface area contributed by atoms with E-state index in [9.17, 15) is 9.59 Å². The number of rotatable bonds is 6. The van der Waals surface area contributed by atoms with E-state index in [2.05, 4.69) is 24.1 Å². The summed E-state index contributed by atoms with van der Waals surface area (Å²) in [5, 5.41) is 3.46. The van der Waals surface area contributed by atoms with Crippen molar-refractivity contribution in [3.8, 4) is 11.3 Å². The van der Waals surface area contributed by atoms with Crippen LogP contribution in [0, 0.1) is 5.92 Å². The minimum atomic E-state index is -0.389. The van der Waals surface area contributed by atoms with Gasteiger partial charge in [0.25, 0.3) is 11.5 Å². The van der Waals surface area contributed by atoms with Crippen LogP contribution in [0.3, 0.4) is 0 Å². The van der Waals surface area contributed by atoms with Crippen molar-refractivity contribution in [1.29, 1.82) is 0 Å². The lowest BCUT2D eigenvalue weighted by molar-refractivity contribution is 0.0945. The molecule has 0 spiro atoms. The Bertz CT molecular complexity index is 719. The lowest BCUT2D eigenvalue weighted by Crippen LogP contribution is -2.33. The molecule has 0 saturated carbocycles. The van der Waals surface area contributed by atoms with Crippen molar-refractivity contribution in [2.24, 2.45) is 5.92 Å². The second-order valence-corrected chi connectivity index (χ2v) is 5.95. The predicted octanol–water partition coefficient (Wildman–Crippen LogP) is 3.86. The van der Waals surface area contributed by atoms with Crippen molar-refractivity contribution >= 4 is 17.5 Å². The predicted molar refractivity (Wildman–Crippen MR) is 93.9 cm³/mol. The Morgan fingerprint density at radius 2 is 1.78 bits per heavy atom. The molecule has 0 bridgehead atoms. The molecule has 1 amide bonds. The van der Waals surface area contributed by atoms with Crippen LogP contribution >= 0.6 is 11.6 Å². The van der Waals surface area contributed by atoms with E-state index < -0.39 is 0 Å². The molecule has 0 fully saturated rings. The van der Waals surface area contributed by atoms with Crippen LogP contribution in [0.15, 0.2) is 41.2 Å². The Hall–Kier alpha value is -2.07. The molecule has 4 nitrogen and oxygen atoms in total. The van der Waals surface area contributed by atoms with Crippen LogP contribution in [-0.4, -0.2) is 17.4 Å². The normalized spacial score (nSPS) is 10.8. The molecule has 0 atom stereocenters. The van der Waals surface area contributed by atoms with Gasteiger partial charge in [-0.15, -0.1) is 0 Å². The zero-order valence-electron chi connectivity index (χ0n) is 13.4. The maximum Gasteiger partial charge on any atom is 0.261 e. The fourth-order valence-electron chi connectivity index (χ4n) is 2.36. The molecule has 2 N–H and O–H groups in total. The number of hydrogen-bond acceptors (Lipinski definition) is 2. The highest BCUT2D eigenvalue weighted by Gasteiger charge is 2.13. The van der Waals surface area contributed by atoms with Gasteiger partial charge in [-0.2, -0.15) is 0 Å². The zero-order chi connectivity index (χ0) is 16.8. The highest BCUT2D eigenvalue weighted by molar-refractivity contribution is 6.30. The number of aromatic amines is 1. The lowest BCUT2D eigenvalue weighted by Gasteiger charge is -2.13. The first-order valence-electron chi connectivity index (χ1n) is 7.82. The van der Waals surface area contributed by atoms with Gasteiger partial charge >= 0.3 is 0 Å². The molecule has 0 aliphatic rings. The first-order chi connectivity index (χ1) is 11.0. The molecule has 0 aliphatic heterocycles. The minimum absolute atomic E-state index is 0.133. The van der Waals surface area contributed by atoms with E-state index in [0.717, 1.165) is 18.4 Å². The van der Waals surface area contributed by atoms with Gasteiger partial charge in [-0.3, -0.25) is 9.59 Å². The van der Waals surface area contributed by atoms with E-state index in [0.29, 0.717) is 23.2 Å². The van der Waals surface area contributed by atoms with Crippen LogP contribution < -0.4 is 10.9 Å². The number of pyridine rings is 1. The number of carbonyl (C=O) groups is 1. The van der Waals surface area contributed by atoms with E-state index in [4.69, 9.17) is 11.6 Å². The van der Waals surface area contributed by atoms with Crippen LogP contribution in [0.5, 0.6) is 0 Å². The first kappa shape index (κ1) is 17.3. The van der Waals surface area contributed by atoms with Gasteiger partial charge < -0.3 is 10.3 Å². The molecule has 0 radical (unpaired) electrons. The Balaban J connectivity index is 2.14. The summed E-state index contributed by atoms with van der Waals surface area (Å²) in [6.07, 6.45) is 2.01. The third kappa shape index (κ3) is 4.45. The number of nitrogens with one attached hydrogen (secondary N) is 2. The first-order valence-corrected chi connectivity index (χ1v) is 8.20. The molecule has 122 valence electrons. The molecule has 1 aromatic carbocycles. The molecule has 2 aromatic rings. The quantitative estimate of drug-likeness (QED) is 0.843. The largest absolute Gasteiger partial charge is 0.352 e. The maximum absolute atomic E-state index is 12.2. The third-order valence-corrected chi connectivity index (χ3v) is 4.27.